The zero-order valence-corrected chi connectivity index (χ0v) is 9.52. The maximum Gasteiger partial charge on any atom is 0.270 e. The molecule has 1 aliphatic rings. The molecule has 1 aromatic rings. The first-order valence-corrected chi connectivity index (χ1v) is 5.48. The maximum atomic E-state index is 11.7. The first-order valence-electron chi connectivity index (χ1n) is 5.48. The Hall–Kier alpha value is -2.49. The zero-order valence-electron chi connectivity index (χ0n) is 9.52. The molecular formula is C14H11NO3. The van der Waals surface area contributed by atoms with E-state index in [1.54, 1.807) is 30.4 Å². The summed E-state index contributed by atoms with van der Waals surface area (Å²) in [7, 11) is 0. The summed E-state index contributed by atoms with van der Waals surface area (Å²) in [6, 6.07) is 6.17. The third-order valence-electron chi connectivity index (χ3n) is 2.60. The van der Waals surface area contributed by atoms with Crippen LogP contribution >= 0.6 is 0 Å². The lowest BCUT2D eigenvalue weighted by Gasteiger charge is -1.98. The Balaban J connectivity index is 2.11. The Labute approximate surface area is 104 Å². The highest BCUT2D eigenvalue weighted by molar-refractivity contribution is 5.98. The highest BCUT2D eigenvalue weighted by Crippen LogP contribution is 2.15. The number of benzene rings is 1. The monoisotopic (exact) mass is 241 g/mol. The topological polar surface area (TPSA) is 60.2 Å². The van der Waals surface area contributed by atoms with E-state index < -0.39 is 4.92 Å². The van der Waals surface area contributed by atoms with Gasteiger partial charge >= 0.3 is 0 Å². The largest absolute Gasteiger partial charge is 0.294 e. The first-order chi connectivity index (χ1) is 8.66. The van der Waals surface area contributed by atoms with Crippen LogP contribution in [-0.4, -0.2) is 10.7 Å². The summed E-state index contributed by atoms with van der Waals surface area (Å²) in [6.07, 6.45) is 10.3. The summed E-state index contributed by atoms with van der Waals surface area (Å²) in [5.41, 5.74) is 0.661. The van der Waals surface area contributed by atoms with Crippen LogP contribution in [0.3, 0.4) is 0 Å². The van der Waals surface area contributed by atoms with Crippen molar-refractivity contribution in [2.24, 2.45) is 5.92 Å². The summed E-state index contributed by atoms with van der Waals surface area (Å²) in [4.78, 5) is 21.9. The van der Waals surface area contributed by atoms with Gasteiger partial charge in [-0.15, -0.1) is 0 Å². The molecule has 0 radical (unpaired) electrons. The van der Waals surface area contributed by atoms with Crippen molar-refractivity contribution in [3.63, 3.8) is 0 Å². The van der Waals surface area contributed by atoms with Gasteiger partial charge in [0.15, 0.2) is 5.78 Å². The van der Waals surface area contributed by atoms with E-state index in [-0.39, 0.29) is 17.4 Å². The fourth-order valence-corrected chi connectivity index (χ4v) is 1.65. The van der Waals surface area contributed by atoms with E-state index in [0.717, 1.165) is 0 Å². The number of hydrogen-bond donors (Lipinski definition) is 0. The first kappa shape index (κ1) is 12.0. The van der Waals surface area contributed by atoms with Crippen molar-refractivity contribution in [3.05, 3.63) is 70.3 Å². The van der Waals surface area contributed by atoms with Gasteiger partial charge in [0.25, 0.3) is 5.69 Å². The SMILES string of the molecule is O=C(/C=C/c1cccc([N+](=O)[O-])c1)C1C=CC=C1. The predicted molar refractivity (Wildman–Crippen MR) is 68.9 cm³/mol. The summed E-state index contributed by atoms with van der Waals surface area (Å²) < 4.78 is 0. The third kappa shape index (κ3) is 2.79. The van der Waals surface area contributed by atoms with Crippen LogP contribution in [0.5, 0.6) is 0 Å². The van der Waals surface area contributed by atoms with Gasteiger partial charge in [-0.1, -0.05) is 42.5 Å². The molecule has 0 saturated carbocycles. The lowest BCUT2D eigenvalue weighted by Crippen LogP contribution is -2.03. The van der Waals surface area contributed by atoms with Crippen LogP contribution in [0, 0.1) is 16.0 Å². The minimum absolute atomic E-state index is 0.0188. The van der Waals surface area contributed by atoms with Crippen LogP contribution in [0.25, 0.3) is 6.08 Å². The predicted octanol–water partition coefficient (Wildman–Crippen LogP) is 2.92. The van der Waals surface area contributed by atoms with E-state index in [0.29, 0.717) is 5.56 Å². The van der Waals surface area contributed by atoms with Crippen LogP contribution in [0.2, 0.25) is 0 Å². The van der Waals surface area contributed by atoms with Crippen LogP contribution in [0.4, 0.5) is 5.69 Å². The van der Waals surface area contributed by atoms with E-state index >= 15 is 0 Å². The smallest absolute Gasteiger partial charge is 0.270 e. The van der Waals surface area contributed by atoms with Gasteiger partial charge in [-0.2, -0.15) is 0 Å². The summed E-state index contributed by atoms with van der Waals surface area (Å²) >= 11 is 0. The molecule has 0 atom stereocenters. The second kappa shape index (κ2) is 5.23. The van der Waals surface area contributed by atoms with Gasteiger partial charge in [0, 0.05) is 12.1 Å². The second-order valence-electron chi connectivity index (χ2n) is 3.88. The number of carbonyl (C=O) groups is 1. The molecule has 0 N–H and O–H groups in total. The molecule has 0 amide bonds. The van der Waals surface area contributed by atoms with E-state index in [1.807, 2.05) is 12.2 Å². The molecule has 18 heavy (non-hydrogen) atoms. The van der Waals surface area contributed by atoms with Gasteiger partial charge < -0.3 is 0 Å². The van der Waals surface area contributed by atoms with Crippen molar-refractivity contribution in [2.45, 2.75) is 0 Å². The number of ketones is 1. The normalized spacial score (nSPS) is 14.4. The standard InChI is InChI=1S/C14H11NO3/c16-14(12-5-1-2-6-12)9-8-11-4-3-7-13(10-11)15(17)18/h1-10,12H/b9-8+. The summed E-state index contributed by atoms with van der Waals surface area (Å²) in [5.74, 6) is -0.244. The van der Waals surface area contributed by atoms with Crippen molar-refractivity contribution in [1.82, 2.24) is 0 Å². The Bertz CT molecular complexity index is 558. The van der Waals surface area contributed by atoms with Crippen LogP contribution < -0.4 is 0 Å². The number of nitrogens with zero attached hydrogens (tertiary/aromatic N) is 1. The quantitative estimate of drug-likeness (QED) is 0.462. The minimum atomic E-state index is -0.457. The van der Waals surface area contributed by atoms with Gasteiger partial charge in [0.1, 0.15) is 0 Å². The molecule has 0 aromatic heterocycles. The average molecular weight is 241 g/mol. The fraction of sp³-hybridized carbons (Fsp3) is 0.0714. The Morgan fingerprint density at radius 3 is 2.67 bits per heavy atom. The highest BCUT2D eigenvalue weighted by Gasteiger charge is 2.10. The van der Waals surface area contributed by atoms with Crippen molar-refractivity contribution < 1.29 is 9.72 Å². The number of allylic oxidation sites excluding steroid dienone is 5. The molecule has 90 valence electrons. The lowest BCUT2D eigenvalue weighted by molar-refractivity contribution is -0.384. The van der Waals surface area contributed by atoms with Gasteiger partial charge in [0.2, 0.25) is 0 Å². The van der Waals surface area contributed by atoms with E-state index in [2.05, 4.69) is 0 Å². The molecule has 0 heterocycles. The van der Waals surface area contributed by atoms with Crippen LogP contribution in [-0.2, 0) is 4.79 Å². The molecule has 4 nitrogen and oxygen atoms in total. The molecular weight excluding hydrogens is 230 g/mol. The van der Waals surface area contributed by atoms with E-state index in [1.165, 1.54) is 18.2 Å². The minimum Gasteiger partial charge on any atom is -0.294 e. The highest BCUT2D eigenvalue weighted by atomic mass is 16.6. The number of rotatable bonds is 4. The molecule has 4 heteroatoms. The molecule has 0 saturated heterocycles. The van der Waals surface area contributed by atoms with Crippen molar-refractivity contribution in [1.29, 1.82) is 0 Å². The molecule has 0 aliphatic heterocycles. The van der Waals surface area contributed by atoms with Gasteiger partial charge in [-0.05, 0) is 11.6 Å². The number of nitro groups is 1. The third-order valence-corrected chi connectivity index (χ3v) is 2.60. The van der Waals surface area contributed by atoms with Gasteiger partial charge in [-0.3, -0.25) is 14.9 Å². The summed E-state index contributed by atoms with van der Waals surface area (Å²) in [5, 5.41) is 10.6. The van der Waals surface area contributed by atoms with Crippen molar-refractivity contribution >= 4 is 17.5 Å². The summed E-state index contributed by atoms with van der Waals surface area (Å²) in [6.45, 7) is 0. The molecule has 2 rings (SSSR count). The van der Waals surface area contributed by atoms with E-state index in [9.17, 15) is 14.9 Å². The maximum absolute atomic E-state index is 11.7. The lowest BCUT2D eigenvalue weighted by atomic mass is 10.1. The van der Waals surface area contributed by atoms with Crippen LogP contribution in [0.15, 0.2) is 54.6 Å². The second-order valence-corrected chi connectivity index (χ2v) is 3.88. The van der Waals surface area contributed by atoms with Crippen molar-refractivity contribution in [2.75, 3.05) is 0 Å². The molecule has 0 bridgehead atoms. The Morgan fingerprint density at radius 1 is 1.28 bits per heavy atom. The molecule has 1 aliphatic carbocycles. The molecule has 1 aromatic carbocycles. The Morgan fingerprint density at radius 2 is 2.00 bits per heavy atom. The van der Waals surface area contributed by atoms with Crippen LogP contribution in [0.1, 0.15) is 5.56 Å². The van der Waals surface area contributed by atoms with Gasteiger partial charge in [-0.25, -0.2) is 0 Å². The molecule has 0 fully saturated rings. The zero-order chi connectivity index (χ0) is 13.0. The van der Waals surface area contributed by atoms with E-state index in [4.69, 9.17) is 0 Å². The number of hydrogen-bond acceptors (Lipinski definition) is 3. The average Bonchev–Trinajstić information content (AvgIpc) is 2.90. The Kier molecular flexibility index (Phi) is 3.48. The fourth-order valence-electron chi connectivity index (χ4n) is 1.65. The number of carbonyl (C=O) groups excluding carboxylic acids is 1. The molecule has 0 spiro atoms. The number of non-ortho nitro benzene ring substituents is 1. The number of nitro benzene ring substituents is 1. The van der Waals surface area contributed by atoms with Crippen molar-refractivity contribution in [3.8, 4) is 0 Å². The molecule has 0 unspecified atom stereocenters. The van der Waals surface area contributed by atoms with Gasteiger partial charge in [0.05, 0.1) is 10.8 Å².